The third kappa shape index (κ3) is 4.28. The van der Waals surface area contributed by atoms with Crippen LogP contribution in [0.15, 0.2) is 48.5 Å². The summed E-state index contributed by atoms with van der Waals surface area (Å²) in [6, 6.07) is 15.0. The van der Waals surface area contributed by atoms with Crippen LogP contribution in [-0.4, -0.2) is 11.7 Å². The summed E-state index contributed by atoms with van der Waals surface area (Å²) >= 11 is 0. The summed E-state index contributed by atoms with van der Waals surface area (Å²) in [7, 11) is 0. The second-order valence-electron chi connectivity index (χ2n) is 5.15. The normalized spacial score (nSPS) is 10.2. The average molecular weight is 281 g/mol. The number of hydrogen-bond acceptors (Lipinski definition) is 2. The number of para-hydroxylation sites is 1. The number of carbonyl (C=O) groups is 2. The maximum absolute atomic E-state index is 12.0. The van der Waals surface area contributed by atoms with Crippen molar-refractivity contribution in [3.05, 3.63) is 65.2 Å². The Morgan fingerprint density at radius 1 is 0.905 bits per heavy atom. The van der Waals surface area contributed by atoms with Crippen molar-refractivity contribution in [3.63, 3.8) is 0 Å². The van der Waals surface area contributed by atoms with E-state index in [4.69, 9.17) is 0 Å². The molecule has 0 unspecified atom stereocenters. The molecule has 2 aromatic carbocycles. The van der Waals surface area contributed by atoms with Gasteiger partial charge in [0.05, 0.1) is 0 Å². The second kappa shape index (κ2) is 6.84. The van der Waals surface area contributed by atoms with Gasteiger partial charge in [0.15, 0.2) is 5.78 Å². The van der Waals surface area contributed by atoms with E-state index in [1.54, 1.807) is 12.1 Å². The number of carbonyl (C=O) groups excluding carboxylic acids is 2. The molecule has 0 heterocycles. The predicted octanol–water partition coefficient (Wildman–Crippen LogP) is 3.91. The Balaban J connectivity index is 1.88. The van der Waals surface area contributed by atoms with E-state index in [0.29, 0.717) is 5.56 Å². The molecular formula is C18H19NO2. The molecule has 0 aliphatic heterocycles. The third-order valence-electron chi connectivity index (χ3n) is 3.37. The second-order valence-corrected chi connectivity index (χ2v) is 5.15. The van der Waals surface area contributed by atoms with Crippen LogP contribution in [0, 0.1) is 13.8 Å². The molecule has 0 atom stereocenters. The summed E-state index contributed by atoms with van der Waals surface area (Å²) in [6.07, 6.45) is 0.418. The van der Waals surface area contributed by atoms with Gasteiger partial charge in [-0.2, -0.15) is 0 Å². The van der Waals surface area contributed by atoms with Crippen LogP contribution in [0.25, 0.3) is 0 Å². The first kappa shape index (κ1) is 15.0. The molecule has 2 rings (SSSR count). The molecule has 2 aromatic rings. The van der Waals surface area contributed by atoms with Gasteiger partial charge in [0.2, 0.25) is 5.91 Å². The zero-order valence-electron chi connectivity index (χ0n) is 12.3. The lowest BCUT2D eigenvalue weighted by Crippen LogP contribution is -2.14. The number of benzene rings is 2. The van der Waals surface area contributed by atoms with Crippen LogP contribution >= 0.6 is 0 Å². The fourth-order valence-electron chi connectivity index (χ4n) is 2.04. The summed E-state index contributed by atoms with van der Waals surface area (Å²) in [5, 5.41) is 2.83. The van der Waals surface area contributed by atoms with Gasteiger partial charge in [-0.15, -0.1) is 0 Å². The lowest BCUT2D eigenvalue weighted by Gasteiger charge is -2.07. The maximum Gasteiger partial charge on any atom is 0.224 e. The Morgan fingerprint density at radius 2 is 1.57 bits per heavy atom. The highest BCUT2D eigenvalue weighted by molar-refractivity contribution is 6.00. The molecule has 108 valence electrons. The van der Waals surface area contributed by atoms with E-state index in [0.717, 1.165) is 16.8 Å². The fraction of sp³-hybridized carbons (Fsp3) is 0.222. The van der Waals surface area contributed by atoms with Gasteiger partial charge in [0.25, 0.3) is 0 Å². The van der Waals surface area contributed by atoms with E-state index in [1.807, 2.05) is 50.2 Å². The van der Waals surface area contributed by atoms with Crippen LogP contribution in [0.4, 0.5) is 5.69 Å². The van der Waals surface area contributed by atoms with Crippen LogP contribution in [0.2, 0.25) is 0 Å². The summed E-state index contributed by atoms with van der Waals surface area (Å²) in [5.41, 5.74) is 3.58. The topological polar surface area (TPSA) is 46.2 Å². The average Bonchev–Trinajstić information content (AvgIpc) is 2.48. The fourth-order valence-corrected chi connectivity index (χ4v) is 2.04. The van der Waals surface area contributed by atoms with Gasteiger partial charge in [-0.1, -0.05) is 48.0 Å². The zero-order valence-corrected chi connectivity index (χ0v) is 12.3. The number of aryl methyl sites for hydroxylation is 2. The summed E-state index contributed by atoms with van der Waals surface area (Å²) in [4.78, 5) is 23.9. The molecule has 0 saturated carbocycles. The number of ketones is 1. The van der Waals surface area contributed by atoms with Gasteiger partial charge in [-0.25, -0.2) is 0 Å². The van der Waals surface area contributed by atoms with Crippen molar-refractivity contribution in [2.45, 2.75) is 26.7 Å². The van der Waals surface area contributed by atoms with Crippen molar-refractivity contribution in [1.29, 1.82) is 0 Å². The van der Waals surface area contributed by atoms with E-state index in [9.17, 15) is 9.59 Å². The van der Waals surface area contributed by atoms with Crippen LogP contribution in [0.3, 0.4) is 0 Å². The Kier molecular flexibility index (Phi) is 4.88. The van der Waals surface area contributed by atoms with Gasteiger partial charge in [-0.05, 0) is 25.5 Å². The SMILES string of the molecule is Cc1ccc(C(=O)CCC(=O)Nc2ccccc2C)cc1. The molecule has 1 amide bonds. The van der Waals surface area contributed by atoms with Crippen molar-refractivity contribution in [1.82, 2.24) is 0 Å². The van der Waals surface area contributed by atoms with Crippen LogP contribution in [0.5, 0.6) is 0 Å². The molecule has 0 aromatic heterocycles. The van der Waals surface area contributed by atoms with E-state index in [-0.39, 0.29) is 24.5 Å². The minimum absolute atomic E-state index is 0.00469. The number of hydrogen-bond donors (Lipinski definition) is 1. The van der Waals surface area contributed by atoms with Crippen molar-refractivity contribution < 1.29 is 9.59 Å². The first-order valence-corrected chi connectivity index (χ1v) is 7.01. The van der Waals surface area contributed by atoms with Crippen LogP contribution in [0.1, 0.15) is 34.3 Å². The predicted molar refractivity (Wildman–Crippen MR) is 84.6 cm³/mol. The van der Waals surface area contributed by atoms with E-state index in [2.05, 4.69) is 5.32 Å². The Labute approximate surface area is 125 Å². The monoisotopic (exact) mass is 281 g/mol. The van der Waals surface area contributed by atoms with Crippen molar-refractivity contribution in [2.24, 2.45) is 0 Å². The Morgan fingerprint density at radius 3 is 2.24 bits per heavy atom. The number of Topliss-reactive ketones (excluding diaryl/α,β-unsaturated/α-hetero) is 1. The largest absolute Gasteiger partial charge is 0.326 e. The van der Waals surface area contributed by atoms with E-state index < -0.39 is 0 Å². The summed E-state index contributed by atoms with van der Waals surface area (Å²) in [5.74, 6) is -0.139. The number of anilines is 1. The van der Waals surface area contributed by atoms with E-state index in [1.165, 1.54) is 0 Å². The van der Waals surface area contributed by atoms with Gasteiger partial charge in [0.1, 0.15) is 0 Å². The van der Waals surface area contributed by atoms with Crippen molar-refractivity contribution >= 4 is 17.4 Å². The molecule has 3 nitrogen and oxygen atoms in total. The van der Waals surface area contributed by atoms with Gasteiger partial charge < -0.3 is 5.32 Å². The lowest BCUT2D eigenvalue weighted by atomic mass is 10.0. The molecule has 0 saturated heterocycles. The number of amides is 1. The molecule has 0 aliphatic carbocycles. The number of nitrogens with one attached hydrogen (secondary N) is 1. The van der Waals surface area contributed by atoms with Gasteiger partial charge >= 0.3 is 0 Å². The lowest BCUT2D eigenvalue weighted by molar-refractivity contribution is -0.116. The first-order valence-electron chi connectivity index (χ1n) is 7.01. The number of rotatable bonds is 5. The Bertz CT molecular complexity index is 645. The third-order valence-corrected chi connectivity index (χ3v) is 3.37. The maximum atomic E-state index is 12.0. The van der Waals surface area contributed by atoms with Crippen LogP contribution in [-0.2, 0) is 4.79 Å². The van der Waals surface area contributed by atoms with Gasteiger partial charge in [0, 0.05) is 24.1 Å². The minimum atomic E-state index is -0.134. The quantitative estimate of drug-likeness (QED) is 0.845. The molecule has 0 fully saturated rings. The van der Waals surface area contributed by atoms with Crippen molar-refractivity contribution in [2.75, 3.05) is 5.32 Å². The first-order chi connectivity index (χ1) is 10.1. The molecular weight excluding hydrogens is 262 g/mol. The summed E-state index contributed by atoms with van der Waals surface area (Å²) < 4.78 is 0. The molecule has 1 N–H and O–H groups in total. The highest BCUT2D eigenvalue weighted by Crippen LogP contribution is 2.14. The molecule has 0 spiro atoms. The van der Waals surface area contributed by atoms with E-state index >= 15 is 0 Å². The highest BCUT2D eigenvalue weighted by Gasteiger charge is 2.10. The molecule has 21 heavy (non-hydrogen) atoms. The highest BCUT2D eigenvalue weighted by atomic mass is 16.2. The smallest absolute Gasteiger partial charge is 0.224 e. The molecule has 0 aliphatic rings. The zero-order chi connectivity index (χ0) is 15.2. The summed E-state index contributed by atoms with van der Waals surface area (Å²) in [6.45, 7) is 3.91. The van der Waals surface area contributed by atoms with Crippen LogP contribution < -0.4 is 5.32 Å². The molecule has 0 bridgehead atoms. The minimum Gasteiger partial charge on any atom is -0.326 e. The molecule has 0 radical (unpaired) electrons. The van der Waals surface area contributed by atoms with Gasteiger partial charge in [-0.3, -0.25) is 9.59 Å². The van der Waals surface area contributed by atoms with Crippen molar-refractivity contribution in [3.8, 4) is 0 Å². The Hall–Kier alpha value is -2.42. The standard InChI is InChI=1S/C18H19NO2/c1-13-7-9-15(10-8-13)17(20)11-12-18(21)19-16-6-4-3-5-14(16)2/h3-10H,11-12H2,1-2H3,(H,19,21). The molecule has 3 heteroatoms.